The van der Waals surface area contributed by atoms with Gasteiger partial charge in [-0.15, -0.1) is 11.3 Å². The predicted molar refractivity (Wildman–Crippen MR) is 107 cm³/mol. The van der Waals surface area contributed by atoms with Crippen molar-refractivity contribution in [3.8, 4) is 0 Å². The second-order valence-corrected chi connectivity index (χ2v) is 11.4. The number of amides is 1. The summed E-state index contributed by atoms with van der Waals surface area (Å²) in [5, 5.41) is 3.75. The Kier molecular flexibility index (Phi) is 4.42. The molecule has 0 spiro atoms. The molecule has 1 amide bonds. The van der Waals surface area contributed by atoms with E-state index in [0.717, 1.165) is 28.8 Å². The van der Waals surface area contributed by atoms with Gasteiger partial charge in [0.05, 0.1) is 22.4 Å². The summed E-state index contributed by atoms with van der Waals surface area (Å²) in [7, 11) is -3.55. The van der Waals surface area contributed by atoms with E-state index in [0.29, 0.717) is 16.4 Å². The highest BCUT2D eigenvalue weighted by Gasteiger charge is 2.43. The molecular weight excluding hydrogens is 404 g/mol. The number of rotatable bonds is 2. The Morgan fingerprint density at radius 2 is 2.04 bits per heavy atom. The van der Waals surface area contributed by atoms with Gasteiger partial charge in [-0.3, -0.25) is 4.79 Å². The van der Waals surface area contributed by atoms with Crippen LogP contribution in [0, 0.1) is 0 Å². The number of hydrogen-bond acceptors (Lipinski definition) is 4. The molecule has 2 heterocycles. The van der Waals surface area contributed by atoms with Crippen LogP contribution in [-0.4, -0.2) is 24.2 Å². The number of nitrogens with one attached hydrogen (secondary N) is 1. The molecule has 5 nitrogen and oxygen atoms in total. The summed E-state index contributed by atoms with van der Waals surface area (Å²) >= 11 is 7.30. The molecule has 1 aliphatic carbocycles. The summed E-state index contributed by atoms with van der Waals surface area (Å²) in [5.41, 5.74) is 1.75. The molecule has 1 N–H and O–H groups in total. The highest BCUT2D eigenvalue weighted by atomic mass is 35.5. The average molecular weight is 425 g/mol. The first-order chi connectivity index (χ1) is 12.6. The molecule has 1 atom stereocenters. The van der Waals surface area contributed by atoms with Crippen LogP contribution in [0.5, 0.6) is 0 Å². The van der Waals surface area contributed by atoms with Gasteiger partial charge in [-0.2, -0.15) is 4.31 Å². The number of thiophene rings is 1. The molecule has 0 saturated heterocycles. The molecule has 0 fully saturated rings. The summed E-state index contributed by atoms with van der Waals surface area (Å²) in [5.74, 6) is -0.222. The SMILES string of the molecule is CC(C)(C)N1Cc2sc(C(=O)NC3CCc4cc(Cl)ccc43)cc2S1(=O)=O. The van der Waals surface area contributed by atoms with Gasteiger partial charge in [-0.25, -0.2) is 8.42 Å². The van der Waals surface area contributed by atoms with E-state index in [1.165, 1.54) is 21.7 Å². The van der Waals surface area contributed by atoms with Crippen LogP contribution in [0.4, 0.5) is 0 Å². The zero-order valence-electron chi connectivity index (χ0n) is 15.4. The number of carbonyl (C=O) groups is 1. The van der Waals surface area contributed by atoms with Crippen molar-refractivity contribution in [2.75, 3.05) is 0 Å². The van der Waals surface area contributed by atoms with Crippen molar-refractivity contribution >= 4 is 38.9 Å². The van der Waals surface area contributed by atoms with E-state index in [2.05, 4.69) is 5.32 Å². The van der Waals surface area contributed by atoms with Crippen molar-refractivity contribution in [2.24, 2.45) is 0 Å². The van der Waals surface area contributed by atoms with Crippen LogP contribution in [0.1, 0.15) is 58.9 Å². The van der Waals surface area contributed by atoms with Crippen LogP contribution in [0.15, 0.2) is 29.2 Å². The third-order valence-electron chi connectivity index (χ3n) is 5.09. The minimum atomic E-state index is -3.55. The summed E-state index contributed by atoms with van der Waals surface area (Å²) in [4.78, 5) is 14.2. The first-order valence-electron chi connectivity index (χ1n) is 8.82. The largest absolute Gasteiger partial charge is 0.345 e. The number of aryl methyl sites for hydroxylation is 1. The van der Waals surface area contributed by atoms with Gasteiger partial charge >= 0.3 is 0 Å². The lowest BCUT2D eigenvalue weighted by Gasteiger charge is -2.29. The van der Waals surface area contributed by atoms with Crippen molar-refractivity contribution in [3.05, 3.63) is 50.2 Å². The Bertz CT molecular complexity index is 1040. The van der Waals surface area contributed by atoms with E-state index in [-0.39, 0.29) is 16.8 Å². The molecule has 2 aliphatic rings. The number of hydrogen-bond donors (Lipinski definition) is 1. The van der Waals surface area contributed by atoms with Gasteiger partial charge in [0.25, 0.3) is 5.91 Å². The Morgan fingerprint density at radius 1 is 1.30 bits per heavy atom. The first-order valence-corrected chi connectivity index (χ1v) is 11.5. The smallest absolute Gasteiger partial charge is 0.261 e. The molecule has 4 rings (SSSR count). The van der Waals surface area contributed by atoms with Crippen molar-refractivity contribution in [3.63, 3.8) is 0 Å². The van der Waals surface area contributed by atoms with Gasteiger partial charge < -0.3 is 5.32 Å². The van der Waals surface area contributed by atoms with Gasteiger partial charge in [0, 0.05) is 15.4 Å². The number of sulfonamides is 1. The van der Waals surface area contributed by atoms with Gasteiger partial charge in [-0.05, 0) is 62.9 Å². The zero-order chi connectivity index (χ0) is 19.6. The molecular formula is C19H21ClN2O3S2. The van der Waals surface area contributed by atoms with Crippen LogP contribution >= 0.6 is 22.9 Å². The molecule has 2 aromatic rings. The van der Waals surface area contributed by atoms with Crippen LogP contribution in [0.3, 0.4) is 0 Å². The van der Waals surface area contributed by atoms with E-state index in [9.17, 15) is 13.2 Å². The first kappa shape index (κ1) is 18.9. The second-order valence-electron chi connectivity index (χ2n) is 7.99. The van der Waals surface area contributed by atoms with Crippen LogP contribution in [-0.2, 0) is 23.0 Å². The fourth-order valence-corrected chi connectivity index (χ4v) is 7.37. The highest BCUT2D eigenvalue weighted by molar-refractivity contribution is 7.89. The molecule has 0 bridgehead atoms. The van der Waals surface area contributed by atoms with Gasteiger partial charge in [0.1, 0.15) is 0 Å². The third-order valence-corrected chi connectivity index (χ3v) is 8.75. The molecule has 144 valence electrons. The molecule has 1 unspecified atom stereocenters. The normalized spacial score (nSPS) is 21.1. The lowest BCUT2D eigenvalue weighted by Crippen LogP contribution is -2.41. The lowest BCUT2D eigenvalue weighted by molar-refractivity contribution is 0.0940. The van der Waals surface area contributed by atoms with Crippen LogP contribution in [0.2, 0.25) is 5.02 Å². The Hall–Kier alpha value is -1.41. The van der Waals surface area contributed by atoms with Crippen molar-refractivity contribution in [1.29, 1.82) is 0 Å². The fourth-order valence-electron chi connectivity index (χ4n) is 3.75. The Balaban J connectivity index is 1.56. The van der Waals surface area contributed by atoms with Crippen molar-refractivity contribution in [2.45, 2.75) is 56.6 Å². The summed E-state index contributed by atoms with van der Waals surface area (Å²) in [6, 6.07) is 7.18. The molecule has 1 aromatic carbocycles. The average Bonchev–Trinajstić information content (AvgIpc) is 3.21. The summed E-state index contributed by atoms with van der Waals surface area (Å²) in [6.07, 6.45) is 1.69. The number of benzene rings is 1. The molecule has 0 radical (unpaired) electrons. The Labute approximate surface area is 168 Å². The monoisotopic (exact) mass is 424 g/mol. The Morgan fingerprint density at radius 3 is 2.70 bits per heavy atom. The van der Waals surface area contributed by atoms with Crippen LogP contribution < -0.4 is 5.32 Å². The quantitative estimate of drug-likeness (QED) is 0.788. The van der Waals surface area contributed by atoms with E-state index in [1.54, 1.807) is 0 Å². The third kappa shape index (κ3) is 3.20. The zero-order valence-corrected chi connectivity index (χ0v) is 17.8. The van der Waals surface area contributed by atoms with Crippen molar-refractivity contribution in [1.82, 2.24) is 9.62 Å². The van der Waals surface area contributed by atoms with Crippen molar-refractivity contribution < 1.29 is 13.2 Å². The topological polar surface area (TPSA) is 66.5 Å². The van der Waals surface area contributed by atoms with E-state index in [1.807, 2.05) is 39.0 Å². The molecule has 8 heteroatoms. The standard InChI is InChI=1S/C19H21ClN2O3S2/c1-19(2,3)22-10-16-17(27(22,24)25)9-15(26-16)18(23)21-14-7-4-11-8-12(20)5-6-13(11)14/h5-6,8-9,14H,4,7,10H2,1-3H3,(H,21,23). The molecule has 1 aromatic heterocycles. The maximum Gasteiger partial charge on any atom is 0.261 e. The van der Waals surface area contributed by atoms with Gasteiger partial charge in [-0.1, -0.05) is 17.7 Å². The number of carbonyl (C=O) groups excluding carboxylic acids is 1. The van der Waals surface area contributed by atoms with E-state index >= 15 is 0 Å². The molecule has 0 saturated carbocycles. The van der Waals surface area contributed by atoms with Gasteiger partial charge in [0.15, 0.2) is 0 Å². The number of halogens is 1. The maximum atomic E-state index is 12.8. The second kappa shape index (κ2) is 6.30. The minimum Gasteiger partial charge on any atom is -0.345 e. The number of fused-ring (bicyclic) bond motifs is 2. The summed E-state index contributed by atoms with van der Waals surface area (Å²) < 4.78 is 27.1. The molecule has 1 aliphatic heterocycles. The highest BCUT2D eigenvalue weighted by Crippen LogP contribution is 2.41. The maximum absolute atomic E-state index is 12.8. The van der Waals surface area contributed by atoms with Crippen LogP contribution in [0.25, 0.3) is 0 Å². The minimum absolute atomic E-state index is 0.0654. The van der Waals surface area contributed by atoms with Gasteiger partial charge in [0.2, 0.25) is 10.0 Å². The van der Waals surface area contributed by atoms with E-state index < -0.39 is 15.6 Å². The van der Waals surface area contributed by atoms with E-state index in [4.69, 9.17) is 11.6 Å². The number of nitrogens with zero attached hydrogens (tertiary/aromatic N) is 1. The predicted octanol–water partition coefficient (Wildman–Crippen LogP) is 4.12. The molecule has 27 heavy (non-hydrogen) atoms. The fraction of sp³-hybridized carbons (Fsp3) is 0.421. The summed E-state index contributed by atoms with van der Waals surface area (Å²) in [6.45, 7) is 5.94. The lowest BCUT2D eigenvalue weighted by atomic mass is 10.1.